The predicted octanol–water partition coefficient (Wildman–Crippen LogP) is 3.78. The number of benzene rings is 1. The summed E-state index contributed by atoms with van der Waals surface area (Å²) >= 11 is 0. The van der Waals surface area contributed by atoms with E-state index in [1.807, 2.05) is 62.3 Å². The minimum Gasteiger partial charge on any atom is -0.458 e. The first kappa shape index (κ1) is 49.3. The predicted molar refractivity (Wildman–Crippen MR) is 224 cm³/mol. The number of hydrogen-bond donors (Lipinski definition) is 4. The number of imide groups is 1. The highest BCUT2D eigenvalue weighted by atomic mass is 16.6. The number of rotatable bonds is 18. The molecule has 0 fully saturated rings. The van der Waals surface area contributed by atoms with Crippen molar-refractivity contribution in [2.75, 3.05) is 27.2 Å². The van der Waals surface area contributed by atoms with E-state index in [4.69, 9.17) is 4.74 Å². The molecule has 6 amide bonds. The van der Waals surface area contributed by atoms with Crippen molar-refractivity contribution in [2.45, 2.75) is 138 Å². The maximum Gasteiger partial charge on any atom is 0.329 e. The molecular weight excluding hydrogens is 741 g/mol. The maximum atomic E-state index is 14.4. The zero-order valence-electron chi connectivity index (χ0n) is 37.3. The third-order valence-electron chi connectivity index (χ3n) is 10.1. The van der Waals surface area contributed by atoms with E-state index >= 15 is 0 Å². The van der Waals surface area contributed by atoms with E-state index in [2.05, 4.69) is 39.5 Å². The van der Waals surface area contributed by atoms with Crippen LogP contribution in [0.2, 0.25) is 0 Å². The van der Waals surface area contributed by atoms with Gasteiger partial charge in [-0.2, -0.15) is 0 Å². The van der Waals surface area contributed by atoms with Crippen molar-refractivity contribution in [3.63, 3.8) is 0 Å². The molecule has 322 valence electrons. The molecule has 4 N–H and O–H groups in total. The van der Waals surface area contributed by atoms with Crippen LogP contribution >= 0.6 is 0 Å². The molecule has 0 saturated carbocycles. The standard InChI is InChI=1S/C44H68N6O8/c1-26(2)32(49(15)40(56)37(42(6,7)8)48-39(55)36(45-14)44(12,13)30-23-27(3)22-28(4)24-30)25-29(5)38(54)47-31(41(57)58-43(9,10)11)16-17-33(51)46-20-21-50-34(52)18-19-35(50)53/h18-19,22-26,31-32,36-37,45H,16-17,20-21H2,1-15H3,(H,46,51)(H,47,54)(H,48,55)/b29-25+/t31-,32-,36-,37?/m1/s1. The molecule has 0 saturated heterocycles. The van der Waals surface area contributed by atoms with E-state index in [9.17, 15) is 33.6 Å². The zero-order chi connectivity index (χ0) is 44.5. The summed E-state index contributed by atoms with van der Waals surface area (Å²) in [7, 11) is 3.37. The number of carbonyl (C=O) groups is 7. The molecule has 1 unspecified atom stereocenters. The maximum absolute atomic E-state index is 14.4. The molecule has 14 heteroatoms. The molecule has 1 aromatic carbocycles. The van der Waals surface area contributed by atoms with Gasteiger partial charge in [-0.15, -0.1) is 0 Å². The van der Waals surface area contributed by atoms with Crippen molar-refractivity contribution in [2.24, 2.45) is 11.3 Å². The molecule has 14 nitrogen and oxygen atoms in total. The Kier molecular flexibility index (Phi) is 17.2. The Hall–Kier alpha value is -4.85. The van der Waals surface area contributed by atoms with Crippen molar-refractivity contribution in [3.05, 3.63) is 58.7 Å². The van der Waals surface area contributed by atoms with Crippen LogP contribution in [0.25, 0.3) is 0 Å². The molecule has 0 radical (unpaired) electrons. The molecule has 0 spiro atoms. The number of hydrogen-bond acceptors (Lipinski definition) is 9. The van der Waals surface area contributed by atoms with Gasteiger partial charge >= 0.3 is 5.97 Å². The monoisotopic (exact) mass is 809 g/mol. The SMILES string of the molecule is CN[C@H](C(=O)NC(C(=O)N(C)[C@H](/C=C(\C)C(=O)N[C@H](CCC(=O)NCCN1C(=O)C=CC1=O)C(=O)OC(C)(C)C)C(C)C)C(C)(C)C)C(C)(C)c1cc(C)cc(C)c1. The summed E-state index contributed by atoms with van der Waals surface area (Å²) in [5.74, 6) is -3.50. The van der Waals surface area contributed by atoms with Gasteiger partial charge < -0.3 is 30.9 Å². The Morgan fingerprint density at radius 2 is 1.41 bits per heavy atom. The van der Waals surface area contributed by atoms with Gasteiger partial charge in [-0.3, -0.25) is 33.7 Å². The molecule has 2 rings (SSSR count). The lowest BCUT2D eigenvalue weighted by molar-refractivity contribution is -0.158. The van der Waals surface area contributed by atoms with Crippen LogP contribution in [-0.2, 0) is 43.7 Å². The van der Waals surface area contributed by atoms with Gasteiger partial charge in [-0.1, -0.05) is 83.9 Å². The number of likely N-dealkylation sites (N-methyl/N-ethyl adjacent to an activating group) is 2. The second-order valence-electron chi connectivity index (χ2n) is 18.3. The van der Waals surface area contributed by atoms with E-state index in [0.717, 1.165) is 33.7 Å². The van der Waals surface area contributed by atoms with Crippen LogP contribution in [-0.4, -0.2) is 108 Å². The molecule has 1 aliphatic heterocycles. The summed E-state index contributed by atoms with van der Waals surface area (Å²) in [6, 6.07) is 2.87. The molecule has 4 atom stereocenters. The van der Waals surface area contributed by atoms with Crippen molar-refractivity contribution < 1.29 is 38.3 Å². The summed E-state index contributed by atoms with van der Waals surface area (Å²) in [6.07, 6.45) is 3.73. The normalized spacial score (nSPS) is 15.8. The van der Waals surface area contributed by atoms with E-state index < -0.39 is 70.2 Å². The third-order valence-corrected chi connectivity index (χ3v) is 10.1. The lowest BCUT2D eigenvalue weighted by Crippen LogP contribution is -2.61. The number of carbonyl (C=O) groups excluding carboxylic acids is 7. The van der Waals surface area contributed by atoms with Crippen molar-refractivity contribution in [3.8, 4) is 0 Å². The lowest BCUT2D eigenvalue weighted by atomic mass is 9.76. The molecule has 0 aliphatic carbocycles. The fourth-order valence-corrected chi connectivity index (χ4v) is 6.86. The highest BCUT2D eigenvalue weighted by molar-refractivity contribution is 6.12. The van der Waals surface area contributed by atoms with Gasteiger partial charge in [-0.05, 0) is 71.9 Å². The Morgan fingerprint density at radius 3 is 1.90 bits per heavy atom. The summed E-state index contributed by atoms with van der Waals surface area (Å²) < 4.78 is 5.56. The van der Waals surface area contributed by atoms with Crippen LogP contribution in [0.1, 0.15) is 106 Å². The highest BCUT2D eigenvalue weighted by Gasteiger charge is 2.42. The molecule has 58 heavy (non-hydrogen) atoms. The average Bonchev–Trinajstić information content (AvgIpc) is 3.41. The summed E-state index contributed by atoms with van der Waals surface area (Å²) in [5.41, 5.74) is 1.21. The average molecular weight is 809 g/mol. The minimum atomic E-state index is -1.18. The Morgan fingerprint density at radius 1 is 0.862 bits per heavy atom. The number of amides is 6. The highest BCUT2D eigenvalue weighted by Crippen LogP contribution is 2.30. The number of nitrogens with one attached hydrogen (secondary N) is 4. The minimum absolute atomic E-state index is 0.00809. The second-order valence-corrected chi connectivity index (χ2v) is 18.3. The summed E-state index contributed by atoms with van der Waals surface area (Å²) in [5, 5.41) is 11.6. The van der Waals surface area contributed by atoms with E-state index in [-0.39, 0.29) is 49.2 Å². The second kappa shape index (κ2) is 20.2. The molecule has 1 heterocycles. The van der Waals surface area contributed by atoms with Crippen LogP contribution in [0.15, 0.2) is 42.0 Å². The number of nitrogens with zero attached hydrogens (tertiary/aromatic N) is 2. The third kappa shape index (κ3) is 13.9. The quantitative estimate of drug-likeness (QED) is 0.0975. The van der Waals surface area contributed by atoms with Gasteiger partial charge in [0.05, 0.1) is 12.1 Å². The molecule has 1 aromatic rings. The summed E-state index contributed by atoms with van der Waals surface area (Å²) in [6.45, 7) is 24.2. The van der Waals surface area contributed by atoms with Crippen molar-refractivity contribution in [1.82, 2.24) is 31.1 Å². The Balaban J connectivity index is 2.27. The molecule has 0 aromatic heterocycles. The smallest absolute Gasteiger partial charge is 0.329 e. The van der Waals surface area contributed by atoms with Crippen LogP contribution in [0, 0.1) is 25.2 Å². The lowest BCUT2D eigenvalue weighted by Gasteiger charge is -2.40. The van der Waals surface area contributed by atoms with E-state index in [1.165, 1.54) is 4.90 Å². The molecular formula is C44H68N6O8. The topological polar surface area (TPSA) is 183 Å². The van der Waals surface area contributed by atoms with Gasteiger partial charge in [0.2, 0.25) is 23.6 Å². The van der Waals surface area contributed by atoms with Crippen LogP contribution < -0.4 is 21.3 Å². The molecule has 0 bridgehead atoms. The number of esters is 1. The van der Waals surface area contributed by atoms with Gasteiger partial charge in [0.25, 0.3) is 11.8 Å². The Bertz CT molecular complexity index is 1730. The first-order valence-electron chi connectivity index (χ1n) is 20.0. The number of ether oxygens (including phenoxy) is 1. The van der Waals surface area contributed by atoms with Crippen molar-refractivity contribution in [1.29, 1.82) is 0 Å². The summed E-state index contributed by atoms with van der Waals surface area (Å²) in [4.78, 5) is 94.2. The zero-order valence-corrected chi connectivity index (χ0v) is 37.3. The van der Waals surface area contributed by atoms with Crippen LogP contribution in [0.4, 0.5) is 0 Å². The van der Waals surface area contributed by atoms with Crippen molar-refractivity contribution >= 4 is 41.4 Å². The fraction of sp³-hybridized carbons (Fsp3) is 0.614. The molecule has 1 aliphatic rings. The van der Waals surface area contributed by atoms with Crippen LogP contribution in [0.3, 0.4) is 0 Å². The van der Waals surface area contributed by atoms with Gasteiger partial charge in [-0.25, -0.2) is 4.79 Å². The first-order chi connectivity index (χ1) is 26.6. The van der Waals surface area contributed by atoms with E-state index in [1.54, 1.807) is 47.9 Å². The van der Waals surface area contributed by atoms with Gasteiger partial charge in [0.15, 0.2) is 0 Å². The fourth-order valence-electron chi connectivity index (χ4n) is 6.86. The largest absolute Gasteiger partial charge is 0.458 e. The van der Waals surface area contributed by atoms with Gasteiger partial charge in [0, 0.05) is 49.7 Å². The van der Waals surface area contributed by atoms with Gasteiger partial charge in [0.1, 0.15) is 17.7 Å². The Labute approximate surface area is 345 Å². The van der Waals surface area contributed by atoms with E-state index in [0.29, 0.717) is 0 Å². The number of aryl methyl sites for hydroxylation is 2. The van der Waals surface area contributed by atoms with Crippen LogP contribution in [0.5, 0.6) is 0 Å². The first-order valence-corrected chi connectivity index (χ1v) is 20.0.